The van der Waals surface area contributed by atoms with Crippen LogP contribution in [0.1, 0.15) is 26.2 Å². The van der Waals surface area contributed by atoms with Crippen molar-refractivity contribution in [2.75, 3.05) is 24.7 Å². The molecule has 2 aromatic rings. The zero-order valence-electron chi connectivity index (χ0n) is 14.4. The van der Waals surface area contributed by atoms with Crippen molar-refractivity contribution in [2.24, 2.45) is 11.8 Å². The zero-order chi connectivity index (χ0) is 17.3. The van der Waals surface area contributed by atoms with Crippen molar-refractivity contribution in [3.63, 3.8) is 0 Å². The molecule has 0 amide bonds. The second-order valence-corrected chi connectivity index (χ2v) is 8.73. The third-order valence-corrected chi connectivity index (χ3v) is 6.70. The highest BCUT2D eigenvalue weighted by Crippen LogP contribution is 2.35. The van der Waals surface area contributed by atoms with Crippen LogP contribution in [0.4, 0.5) is 5.82 Å². The molecule has 7 nitrogen and oxygen atoms in total. The van der Waals surface area contributed by atoms with Crippen LogP contribution in [-0.2, 0) is 10.0 Å². The molecule has 3 rings (SSSR count). The van der Waals surface area contributed by atoms with Gasteiger partial charge in [-0.2, -0.15) is 0 Å². The number of hydrogen-bond acceptors (Lipinski definition) is 5. The first-order chi connectivity index (χ1) is 11.4. The van der Waals surface area contributed by atoms with Crippen LogP contribution in [0.25, 0.3) is 11.0 Å². The molecule has 0 bridgehead atoms. The maximum absolute atomic E-state index is 11.8. The average molecular weight is 351 g/mol. The monoisotopic (exact) mass is 351 g/mol. The van der Waals surface area contributed by atoms with Crippen molar-refractivity contribution in [1.82, 2.24) is 19.7 Å². The van der Waals surface area contributed by atoms with Gasteiger partial charge in [-0.25, -0.2) is 23.1 Å². The highest BCUT2D eigenvalue weighted by molar-refractivity contribution is 7.89. The Hall–Kier alpha value is -1.67. The van der Waals surface area contributed by atoms with E-state index >= 15 is 0 Å². The van der Waals surface area contributed by atoms with E-state index < -0.39 is 10.0 Å². The summed E-state index contributed by atoms with van der Waals surface area (Å²) in [6.45, 7) is 2.20. The van der Waals surface area contributed by atoms with E-state index in [0.717, 1.165) is 36.1 Å². The van der Waals surface area contributed by atoms with Crippen LogP contribution in [-0.4, -0.2) is 49.3 Å². The number of anilines is 1. The zero-order valence-corrected chi connectivity index (χ0v) is 15.2. The lowest BCUT2D eigenvalue weighted by Crippen LogP contribution is -2.43. The number of rotatable bonds is 5. The van der Waals surface area contributed by atoms with Crippen molar-refractivity contribution < 1.29 is 8.42 Å². The van der Waals surface area contributed by atoms with Crippen LogP contribution in [0.15, 0.2) is 18.6 Å². The predicted molar refractivity (Wildman–Crippen MR) is 95.4 cm³/mol. The molecule has 2 N–H and O–H groups in total. The standard InChI is InChI=1S/C16H25N5O2S/c1-11-8-12(9-24(22,23)17-2)4-5-14(11)21(3)16-13-6-7-18-15(13)19-10-20-16/h6-7,10-12,14,17H,4-5,8-9H2,1-3H3,(H,18,19,20)/t11-,12?,14?/m0/s1. The van der Waals surface area contributed by atoms with E-state index in [-0.39, 0.29) is 11.7 Å². The highest BCUT2D eigenvalue weighted by atomic mass is 32.2. The molecule has 1 aliphatic carbocycles. The second-order valence-electron chi connectivity index (χ2n) is 6.76. The van der Waals surface area contributed by atoms with E-state index in [1.807, 2.05) is 12.3 Å². The molecule has 8 heteroatoms. The largest absolute Gasteiger partial charge is 0.356 e. The molecule has 1 saturated carbocycles. The fraction of sp³-hybridized carbons (Fsp3) is 0.625. The Labute approximate surface area is 142 Å². The van der Waals surface area contributed by atoms with Gasteiger partial charge in [0.15, 0.2) is 0 Å². The molecule has 3 atom stereocenters. The van der Waals surface area contributed by atoms with Gasteiger partial charge >= 0.3 is 0 Å². The number of H-pyrrole nitrogens is 1. The van der Waals surface area contributed by atoms with Crippen molar-refractivity contribution in [1.29, 1.82) is 0 Å². The summed E-state index contributed by atoms with van der Waals surface area (Å²) in [4.78, 5) is 14.1. The Bertz CT molecular complexity index is 804. The average Bonchev–Trinajstić information content (AvgIpc) is 3.02. The number of fused-ring (bicyclic) bond motifs is 1. The molecule has 132 valence electrons. The lowest BCUT2D eigenvalue weighted by atomic mass is 9.79. The van der Waals surface area contributed by atoms with Crippen LogP contribution >= 0.6 is 0 Å². The number of nitrogens with zero attached hydrogens (tertiary/aromatic N) is 3. The fourth-order valence-corrected chi connectivity index (χ4v) is 5.00. The maximum Gasteiger partial charge on any atom is 0.211 e. The van der Waals surface area contributed by atoms with Crippen LogP contribution in [0, 0.1) is 11.8 Å². The number of nitrogens with one attached hydrogen (secondary N) is 2. The second kappa shape index (κ2) is 6.68. The van der Waals surface area contributed by atoms with Crippen LogP contribution in [0.3, 0.4) is 0 Å². The minimum absolute atomic E-state index is 0.222. The molecule has 2 unspecified atom stereocenters. The minimum atomic E-state index is -3.14. The first kappa shape index (κ1) is 17.2. The van der Waals surface area contributed by atoms with E-state index in [0.29, 0.717) is 12.0 Å². The maximum atomic E-state index is 11.8. The Balaban J connectivity index is 1.73. The molecule has 0 spiro atoms. The van der Waals surface area contributed by atoms with Gasteiger partial charge in [0.25, 0.3) is 0 Å². The summed E-state index contributed by atoms with van der Waals surface area (Å²) >= 11 is 0. The summed E-state index contributed by atoms with van der Waals surface area (Å²) in [5.41, 5.74) is 0.841. The summed E-state index contributed by atoms with van der Waals surface area (Å²) in [5, 5.41) is 1.02. The van der Waals surface area contributed by atoms with Crippen molar-refractivity contribution in [3.8, 4) is 0 Å². The van der Waals surface area contributed by atoms with Gasteiger partial charge in [0.1, 0.15) is 17.8 Å². The number of sulfonamides is 1. The summed E-state index contributed by atoms with van der Waals surface area (Å²) < 4.78 is 26.0. The molecular formula is C16H25N5O2S. The third kappa shape index (κ3) is 3.39. The molecule has 0 aliphatic heterocycles. The lowest BCUT2D eigenvalue weighted by molar-refractivity contribution is 0.258. The normalized spacial score (nSPS) is 25.0. The minimum Gasteiger partial charge on any atom is -0.356 e. The summed E-state index contributed by atoms with van der Waals surface area (Å²) in [6.07, 6.45) is 6.26. The molecule has 0 radical (unpaired) electrons. The van der Waals surface area contributed by atoms with Gasteiger partial charge in [0.05, 0.1) is 11.1 Å². The van der Waals surface area contributed by atoms with Crippen molar-refractivity contribution in [2.45, 2.75) is 32.2 Å². The Morgan fingerprint density at radius 1 is 1.38 bits per heavy atom. The third-order valence-electron chi connectivity index (χ3n) is 5.16. The molecule has 0 aromatic carbocycles. The van der Waals surface area contributed by atoms with E-state index in [2.05, 4.69) is 38.5 Å². The highest BCUT2D eigenvalue weighted by Gasteiger charge is 2.33. The predicted octanol–water partition coefficient (Wildman–Crippen LogP) is 1.75. The Morgan fingerprint density at radius 3 is 2.88 bits per heavy atom. The van der Waals surface area contributed by atoms with E-state index in [1.165, 1.54) is 7.05 Å². The van der Waals surface area contributed by atoms with E-state index in [1.54, 1.807) is 6.33 Å². The van der Waals surface area contributed by atoms with Gasteiger partial charge in [0, 0.05) is 19.3 Å². The summed E-state index contributed by atoms with van der Waals surface area (Å²) in [6, 6.07) is 2.35. The smallest absolute Gasteiger partial charge is 0.211 e. The van der Waals surface area contributed by atoms with Crippen LogP contribution in [0.5, 0.6) is 0 Å². The van der Waals surface area contributed by atoms with Gasteiger partial charge < -0.3 is 9.88 Å². The quantitative estimate of drug-likeness (QED) is 0.856. The molecule has 1 fully saturated rings. The first-order valence-corrected chi connectivity index (χ1v) is 9.98. The molecule has 1 aliphatic rings. The molecule has 24 heavy (non-hydrogen) atoms. The number of aromatic amines is 1. The van der Waals surface area contributed by atoms with Crippen LogP contribution < -0.4 is 9.62 Å². The topological polar surface area (TPSA) is 91.0 Å². The van der Waals surface area contributed by atoms with Crippen molar-refractivity contribution in [3.05, 3.63) is 18.6 Å². The summed E-state index contributed by atoms with van der Waals surface area (Å²) in [7, 11) is 0.410. The number of aromatic nitrogens is 3. The van der Waals surface area contributed by atoms with E-state index in [9.17, 15) is 8.42 Å². The first-order valence-electron chi connectivity index (χ1n) is 8.33. The number of hydrogen-bond donors (Lipinski definition) is 2. The van der Waals surface area contributed by atoms with Gasteiger partial charge in [-0.3, -0.25) is 0 Å². The van der Waals surface area contributed by atoms with Gasteiger partial charge in [-0.1, -0.05) is 6.92 Å². The lowest BCUT2D eigenvalue weighted by Gasteiger charge is -2.40. The summed E-state index contributed by atoms with van der Waals surface area (Å²) in [5.74, 6) is 1.78. The Morgan fingerprint density at radius 2 is 2.17 bits per heavy atom. The molecule has 0 saturated heterocycles. The SMILES string of the molecule is CNS(=O)(=O)CC1CCC(N(C)c2ncnc3[nH]ccc23)[C@@H](C)C1. The van der Waals surface area contributed by atoms with Crippen molar-refractivity contribution >= 4 is 26.9 Å². The Kier molecular flexibility index (Phi) is 4.78. The van der Waals surface area contributed by atoms with Crippen LogP contribution in [0.2, 0.25) is 0 Å². The van der Waals surface area contributed by atoms with Gasteiger partial charge in [-0.15, -0.1) is 0 Å². The molecular weight excluding hydrogens is 326 g/mol. The molecule has 2 aromatic heterocycles. The molecule has 2 heterocycles. The van der Waals surface area contributed by atoms with Gasteiger partial charge in [0.2, 0.25) is 10.0 Å². The van der Waals surface area contributed by atoms with Gasteiger partial charge in [-0.05, 0) is 44.2 Å². The van der Waals surface area contributed by atoms with E-state index in [4.69, 9.17) is 0 Å². The fourth-order valence-electron chi connectivity index (χ4n) is 3.91.